The monoisotopic (exact) mass is 373 g/mol. The molecule has 0 spiro atoms. The van der Waals surface area contributed by atoms with Crippen LogP contribution in [-0.4, -0.2) is 35.2 Å². The molecule has 7 heteroatoms. The second-order valence-electron chi connectivity index (χ2n) is 6.22. The van der Waals surface area contributed by atoms with Crippen molar-refractivity contribution in [1.29, 1.82) is 0 Å². The number of hydrogen-bond donors (Lipinski definition) is 0. The Morgan fingerprint density at radius 1 is 0.680 bits per heavy atom. The molecule has 0 heterocycles. The Labute approximate surface area is 155 Å². The predicted molar refractivity (Wildman–Crippen MR) is 106 cm³/mol. The highest BCUT2D eigenvalue weighted by molar-refractivity contribution is 6.60. The first-order valence-corrected chi connectivity index (χ1v) is 12.1. The van der Waals surface area contributed by atoms with Crippen LogP contribution in [0.4, 0.5) is 0 Å². The molecule has 0 saturated carbocycles. The van der Waals surface area contributed by atoms with E-state index in [4.69, 9.17) is 18.8 Å². The molecule has 0 aliphatic heterocycles. The molecule has 0 atom stereocenters. The van der Waals surface area contributed by atoms with E-state index in [0.717, 1.165) is 18.9 Å². The maximum atomic E-state index is 8.19. The smallest absolute Gasteiger partial charge is 0.374 e. The van der Waals surface area contributed by atoms with Gasteiger partial charge in [0.15, 0.2) is 0 Å². The molecule has 148 valence electrons. The van der Waals surface area contributed by atoms with Gasteiger partial charge in [-0.25, -0.2) is 0 Å². The average molecular weight is 374 g/mol. The quantitative estimate of drug-likeness (QED) is 0.0883. The highest BCUT2D eigenvalue weighted by atomic mass is 28.4. The van der Waals surface area contributed by atoms with Gasteiger partial charge in [-0.05, 0) is 39.1 Å². The van der Waals surface area contributed by atoms with Crippen molar-refractivity contribution >= 4 is 8.80 Å². The van der Waals surface area contributed by atoms with Crippen LogP contribution in [0.15, 0.2) is 5.11 Å². The lowest BCUT2D eigenvalue weighted by Gasteiger charge is -2.28. The summed E-state index contributed by atoms with van der Waals surface area (Å²) in [5.41, 5.74) is 8.19. The van der Waals surface area contributed by atoms with Gasteiger partial charge >= 0.3 is 8.80 Å². The minimum Gasteiger partial charge on any atom is -0.374 e. The Morgan fingerprint density at radius 3 is 1.48 bits per heavy atom. The van der Waals surface area contributed by atoms with Gasteiger partial charge < -0.3 is 13.3 Å². The largest absolute Gasteiger partial charge is 0.500 e. The number of azide groups is 1. The summed E-state index contributed by atoms with van der Waals surface area (Å²) in [5, 5.41) is 3.56. The lowest BCUT2D eigenvalue weighted by molar-refractivity contribution is 0.0706. The van der Waals surface area contributed by atoms with Crippen molar-refractivity contribution in [3.05, 3.63) is 10.4 Å². The lowest BCUT2D eigenvalue weighted by Crippen LogP contribution is -2.45. The van der Waals surface area contributed by atoms with Gasteiger partial charge in [0.25, 0.3) is 0 Å². The minimum atomic E-state index is -2.43. The van der Waals surface area contributed by atoms with Crippen molar-refractivity contribution < 1.29 is 13.3 Å². The summed E-state index contributed by atoms with van der Waals surface area (Å²) in [6, 6.07) is 0.938. The maximum Gasteiger partial charge on any atom is 0.500 e. The molecular weight excluding hydrogens is 334 g/mol. The van der Waals surface area contributed by atoms with Gasteiger partial charge in [0, 0.05) is 37.3 Å². The van der Waals surface area contributed by atoms with Crippen LogP contribution in [0.25, 0.3) is 10.4 Å². The average Bonchev–Trinajstić information content (AvgIpc) is 2.60. The summed E-state index contributed by atoms with van der Waals surface area (Å²) >= 11 is 0. The maximum absolute atomic E-state index is 8.19. The molecule has 0 rings (SSSR count). The first kappa shape index (κ1) is 24.4. The van der Waals surface area contributed by atoms with Crippen molar-refractivity contribution in [1.82, 2.24) is 0 Å². The topological polar surface area (TPSA) is 76.5 Å². The van der Waals surface area contributed by atoms with E-state index in [1.165, 1.54) is 51.4 Å². The number of rotatable bonds is 19. The van der Waals surface area contributed by atoms with E-state index in [-0.39, 0.29) is 0 Å². The SMILES string of the molecule is CCO[Si](CCCCCCCCCCCCN=[N+]=[N-])(OCC)OCC. The van der Waals surface area contributed by atoms with Gasteiger partial charge in [0.05, 0.1) is 0 Å². The van der Waals surface area contributed by atoms with Crippen molar-refractivity contribution in [3.63, 3.8) is 0 Å². The molecule has 0 saturated heterocycles. The van der Waals surface area contributed by atoms with Gasteiger partial charge in [0.2, 0.25) is 0 Å². The number of nitrogens with zero attached hydrogens (tertiary/aromatic N) is 3. The van der Waals surface area contributed by atoms with Crippen molar-refractivity contribution in [2.24, 2.45) is 5.11 Å². The van der Waals surface area contributed by atoms with E-state index in [9.17, 15) is 0 Å². The fourth-order valence-corrected chi connectivity index (χ4v) is 5.67. The molecule has 0 fully saturated rings. The zero-order chi connectivity index (χ0) is 18.6. The summed E-state index contributed by atoms with van der Waals surface area (Å²) in [6.45, 7) is 8.66. The van der Waals surface area contributed by atoms with Crippen LogP contribution < -0.4 is 0 Å². The molecular formula is C18H39N3O3Si. The molecule has 0 radical (unpaired) electrons. The molecule has 0 aromatic carbocycles. The number of hydrogen-bond acceptors (Lipinski definition) is 4. The van der Waals surface area contributed by atoms with E-state index in [1.807, 2.05) is 20.8 Å². The van der Waals surface area contributed by atoms with Crippen molar-refractivity contribution in [2.45, 2.75) is 91.0 Å². The first-order valence-electron chi connectivity index (χ1n) is 10.2. The fourth-order valence-electron chi connectivity index (χ4n) is 2.98. The van der Waals surface area contributed by atoms with E-state index >= 15 is 0 Å². The standard InChI is InChI=1S/C18H39N3O3Si/c1-4-22-25(23-5-2,24-6-3)18-16-14-12-10-8-7-9-11-13-15-17-20-21-19/h4-18H2,1-3H3. The van der Waals surface area contributed by atoms with Crippen LogP contribution in [-0.2, 0) is 13.3 Å². The predicted octanol–water partition coefficient (Wildman–Crippen LogP) is 6.25. The van der Waals surface area contributed by atoms with E-state index in [1.54, 1.807) is 0 Å². The van der Waals surface area contributed by atoms with Crippen LogP contribution >= 0.6 is 0 Å². The van der Waals surface area contributed by atoms with E-state index in [2.05, 4.69) is 10.0 Å². The Bertz CT molecular complexity index is 323. The van der Waals surface area contributed by atoms with Crippen LogP contribution in [0.2, 0.25) is 6.04 Å². The molecule has 0 aliphatic rings. The van der Waals surface area contributed by atoms with Gasteiger partial charge in [-0.2, -0.15) is 0 Å². The zero-order valence-electron chi connectivity index (χ0n) is 16.7. The molecule has 0 aromatic rings. The normalized spacial score (nSPS) is 11.5. The van der Waals surface area contributed by atoms with Gasteiger partial charge in [-0.15, -0.1) is 0 Å². The van der Waals surface area contributed by atoms with Crippen LogP contribution in [0.3, 0.4) is 0 Å². The van der Waals surface area contributed by atoms with E-state index in [0.29, 0.717) is 26.4 Å². The van der Waals surface area contributed by atoms with Crippen LogP contribution in [0.5, 0.6) is 0 Å². The third-order valence-corrected chi connectivity index (χ3v) is 7.30. The van der Waals surface area contributed by atoms with Gasteiger partial charge in [0.1, 0.15) is 0 Å². The fraction of sp³-hybridized carbons (Fsp3) is 1.00. The second-order valence-corrected chi connectivity index (χ2v) is 8.95. The highest BCUT2D eigenvalue weighted by Crippen LogP contribution is 2.21. The minimum absolute atomic E-state index is 0.645. The summed E-state index contributed by atoms with van der Waals surface area (Å²) in [7, 11) is -2.43. The molecule has 0 aromatic heterocycles. The molecule has 0 bridgehead atoms. The summed E-state index contributed by atoms with van der Waals surface area (Å²) in [4.78, 5) is 2.77. The molecule has 0 aliphatic carbocycles. The van der Waals surface area contributed by atoms with Gasteiger partial charge in [-0.3, -0.25) is 0 Å². The molecule has 6 nitrogen and oxygen atoms in total. The molecule has 25 heavy (non-hydrogen) atoms. The van der Waals surface area contributed by atoms with Gasteiger partial charge in [-0.1, -0.05) is 56.5 Å². The summed E-state index contributed by atoms with van der Waals surface area (Å²) in [6.07, 6.45) is 12.3. The van der Waals surface area contributed by atoms with Crippen molar-refractivity contribution in [3.8, 4) is 0 Å². The zero-order valence-corrected chi connectivity index (χ0v) is 17.7. The van der Waals surface area contributed by atoms with Crippen LogP contribution in [0, 0.1) is 0 Å². The molecule has 0 N–H and O–H groups in total. The number of unbranched alkanes of at least 4 members (excludes halogenated alkanes) is 9. The summed E-state index contributed by atoms with van der Waals surface area (Å²) < 4.78 is 17.7. The Morgan fingerprint density at radius 2 is 1.08 bits per heavy atom. The Hall–Kier alpha value is -0.593. The lowest BCUT2D eigenvalue weighted by atomic mass is 10.1. The summed E-state index contributed by atoms with van der Waals surface area (Å²) in [5.74, 6) is 0. The van der Waals surface area contributed by atoms with E-state index < -0.39 is 8.80 Å². The third kappa shape index (κ3) is 14.3. The Balaban J connectivity index is 3.60. The third-order valence-electron chi connectivity index (χ3n) is 4.15. The molecule has 0 unspecified atom stereocenters. The Kier molecular flexibility index (Phi) is 17.8. The molecule has 0 amide bonds. The second kappa shape index (κ2) is 18.2. The first-order chi connectivity index (χ1) is 12.2. The van der Waals surface area contributed by atoms with Crippen LogP contribution in [0.1, 0.15) is 85.0 Å². The highest BCUT2D eigenvalue weighted by Gasteiger charge is 2.39. The van der Waals surface area contributed by atoms with Crippen molar-refractivity contribution in [2.75, 3.05) is 26.4 Å².